The van der Waals surface area contributed by atoms with Crippen molar-refractivity contribution in [3.8, 4) is 0 Å². The van der Waals surface area contributed by atoms with Gasteiger partial charge in [0.15, 0.2) is 6.61 Å². The van der Waals surface area contributed by atoms with Crippen LogP contribution in [0.1, 0.15) is 30.9 Å². The summed E-state index contributed by atoms with van der Waals surface area (Å²) in [5.41, 5.74) is 2.01. The average Bonchev–Trinajstić information content (AvgIpc) is 2.85. The highest BCUT2D eigenvalue weighted by molar-refractivity contribution is 5.88. The molecule has 0 bridgehead atoms. The smallest absolute Gasteiger partial charge is 0.307 e. The average molecular weight is 376 g/mol. The van der Waals surface area contributed by atoms with Gasteiger partial charge in [-0.2, -0.15) is 0 Å². The van der Waals surface area contributed by atoms with Crippen molar-refractivity contribution in [1.82, 2.24) is 5.32 Å². The van der Waals surface area contributed by atoms with Gasteiger partial charge in [0.05, 0.1) is 6.42 Å². The summed E-state index contributed by atoms with van der Waals surface area (Å²) in [7, 11) is 0. The van der Waals surface area contributed by atoms with Crippen LogP contribution >= 0.6 is 0 Å². The number of carbonyl (C=O) groups excluding carboxylic acids is 3. The topological polar surface area (TPSA) is 116 Å². The molecule has 27 heavy (non-hydrogen) atoms. The zero-order valence-corrected chi connectivity index (χ0v) is 15.5. The van der Waals surface area contributed by atoms with Gasteiger partial charge >= 0.3 is 5.97 Å². The van der Waals surface area contributed by atoms with Gasteiger partial charge in [-0.3, -0.25) is 24.5 Å². The lowest BCUT2D eigenvalue weighted by Crippen LogP contribution is -2.31. The van der Waals surface area contributed by atoms with Gasteiger partial charge in [0.1, 0.15) is 5.78 Å². The third-order valence-corrected chi connectivity index (χ3v) is 5.03. The minimum atomic E-state index is -0.715. The molecule has 8 heteroatoms. The summed E-state index contributed by atoms with van der Waals surface area (Å²) in [6.07, 6.45) is 0.000119. The van der Waals surface area contributed by atoms with Crippen molar-refractivity contribution in [2.75, 3.05) is 13.2 Å². The highest BCUT2D eigenvalue weighted by Crippen LogP contribution is 2.36. The molecule has 1 aromatic carbocycles. The molecule has 3 atom stereocenters. The van der Waals surface area contributed by atoms with E-state index in [1.165, 1.54) is 0 Å². The quantitative estimate of drug-likeness (QED) is 0.419. The number of hydrogen-bond acceptors (Lipinski definition) is 6. The van der Waals surface area contributed by atoms with Crippen molar-refractivity contribution < 1.29 is 24.0 Å². The van der Waals surface area contributed by atoms with Crippen LogP contribution in [-0.4, -0.2) is 35.7 Å². The van der Waals surface area contributed by atoms with Gasteiger partial charge in [0, 0.05) is 29.7 Å². The molecule has 1 aliphatic carbocycles. The van der Waals surface area contributed by atoms with E-state index in [1.807, 2.05) is 31.2 Å². The molecular formula is C19H24N2O6. The van der Waals surface area contributed by atoms with Crippen molar-refractivity contribution in [1.29, 1.82) is 0 Å². The van der Waals surface area contributed by atoms with Crippen LogP contribution in [0.3, 0.4) is 0 Å². The van der Waals surface area contributed by atoms with Crippen molar-refractivity contribution in [3.05, 3.63) is 45.5 Å². The van der Waals surface area contributed by atoms with Crippen molar-refractivity contribution >= 4 is 17.7 Å². The zero-order chi connectivity index (χ0) is 20.0. The highest BCUT2D eigenvalue weighted by Gasteiger charge is 2.44. The molecule has 146 valence electrons. The van der Waals surface area contributed by atoms with Gasteiger partial charge in [0.2, 0.25) is 6.54 Å². The fourth-order valence-electron chi connectivity index (χ4n) is 3.44. The Morgan fingerprint density at radius 3 is 2.70 bits per heavy atom. The Balaban J connectivity index is 1.79. The minimum absolute atomic E-state index is 0.141. The van der Waals surface area contributed by atoms with E-state index < -0.39 is 35.2 Å². The summed E-state index contributed by atoms with van der Waals surface area (Å²) in [5.74, 6) is -2.63. The Morgan fingerprint density at radius 2 is 2.04 bits per heavy atom. The van der Waals surface area contributed by atoms with Gasteiger partial charge < -0.3 is 10.1 Å². The van der Waals surface area contributed by atoms with Crippen LogP contribution in [0.25, 0.3) is 0 Å². The maximum absolute atomic E-state index is 12.0. The maximum Gasteiger partial charge on any atom is 0.307 e. The molecule has 1 fully saturated rings. The molecule has 1 aliphatic rings. The largest absolute Gasteiger partial charge is 0.456 e. The zero-order valence-electron chi connectivity index (χ0n) is 15.5. The molecule has 0 unspecified atom stereocenters. The number of ether oxygens (including phenoxy) is 1. The van der Waals surface area contributed by atoms with Crippen LogP contribution in [0.15, 0.2) is 24.3 Å². The predicted octanol–water partition coefficient (Wildman–Crippen LogP) is 1.66. The number of aryl methyl sites for hydroxylation is 1. The lowest BCUT2D eigenvalue weighted by atomic mass is 9.88. The number of benzene rings is 1. The number of nitrogens with zero attached hydrogens (tertiary/aromatic N) is 1. The van der Waals surface area contributed by atoms with Crippen LogP contribution in [0.5, 0.6) is 0 Å². The fraction of sp³-hybridized carbons (Fsp3) is 0.526. The number of rotatable bonds is 8. The highest BCUT2D eigenvalue weighted by atomic mass is 16.6. The van der Waals surface area contributed by atoms with E-state index in [-0.39, 0.29) is 31.1 Å². The number of nitro groups is 1. The number of ketones is 1. The first-order chi connectivity index (χ1) is 12.8. The molecule has 8 nitrogen and oxygen atoms in total. The molecule has 0 radical (unpaired) electrons. The second-order valence-electron chi connectivity index (χ2n) is 7.00. The summed E-state index contributed by atoms with van der Waals surface area (Å²) in [5, 5.41) is 13.5. The van der Waals surface area contributed by atoms with Crippen LogP contribution in [-0.2, 0) is 25.7 Å². The molecule has 1 amide bonds. The van der Waals surface area contributed by atoms with Gasteiger partial charge in [-0.15, -0.1) is 0 Å². The van der Waals surface area contributed by atoms with Crippen LogP contribution < -0.4 is 5.32 Å². The summed E-state index contributed by atoms with van der Waals surface area (Å²) < 4.78 is 4.95. The molecular weight excluding hydrogens is 352 g/mol. The summed E-state index contributed by atoms with van der Waals surface area (Å²) in [6, 6.07) is 7.60. The molecule has 0 aromatic heterocycles. The molecule has 0 spiro atoms. The Hall–Kier alpha value is -2.77. The lowest BCUT2D eigenvalue weighted by molar-refractivity contribution is -0.490. The Bertz CT molecular complexity index is 733. The Labute approximate surface area is 157 Å². The van der Waals surface area contributed by atoms with Gasteiger partial charge in [0.25, 0.3) is 5.91 Å². The first kappa shape index (κ1) is 20.5. The Kier molecular flexibility index (Phi) is 7.04. The molecule has 2 rings (SSSR count). The second-order valence-corrected chi connectivity index (χ2v) is 7.00. The fourth-order valence-corrected chi connectivity index (χ4v) is 3.44. The van der Waals surface area contributed by atoms with Gasteiger partial charge in [-0.25, -0.2) is 0 Å². The summed E-state index contributed by atoms with van der Waals surface area (Å²) >= 11 is 0. The van der Waals surface area contributed by atoms with Crippen LogP contribution in [0.2, 0.25) is 0 Å². The first-order valence-electron chi connectivity index (χ1n) is 8.89. The predicted molar refractivity (Wildman–Crippen MR) is 96.2 cm³/mol. The normalized spacial score (nSPS) is 21.7. The second kappa shape index (κ2) is 9.25. The number of nitrogens with one attached hydrogen (secondary N) is 1. The van der Waals surface area contributed by atoms with Gasteiger partial charge in [-0.05, 0) is 24.0 Å². The van der Waals surface area contributed by atoms with Crippen molar-refractivity contribution in [3.63, 3.8) is 0 Å². The van der Waals surface area contributed by atoms with Crippen molar-refractivity contribution in [2.24, 2.45) is 17.8 Å². The monoisotopic (exact) mass is 376 g/mol. The Morgan fingerprint density at radius 1 is 1.33 bits per heavy atom. The van der Waals surface area contributed by atoms with E-state index in [2.05, 4.69) is 5.32 Å². The molecule has 0 saturated heterocycles. The molecule has 0 aliphatic heterocycles. The van der Waals surface area contributed by atoms with E-state index in [0.29, 0.717) is 6.54 Å². The maximum atomic E-state index is 12.0. The van der Waals surface area contributed by atoms with Crippen LogP contribution in [0.4, 0.5) is 0 Å². The van der Waals surface area contributed by atoms with Gasteiger partial charge in [-0.1, -0.05) is 31.2 Å². The molecule has 1 N–H and O–H groups in total. The molecule has 1 saturated carbocycles. The summed E-state index contributed by atoms with van der Waals surface area (Å²) in [6.45, 7) is 3.24. The van der Waals surface area contributed by atoms with Crippen molar-refractivity contribution in [2.45, 2.75) is 33.2 Å². The number of hydrogen-bond donors (Lipinski definition) is 1. The number of Topliss-reactive ketones (excluding diaryl/α,β-unsaturated/α-hetero) is 1. The third-order valence-electron chi connectivity index (χ3n) is 5.03. The van der Waals surface area contributed by atoms with E-state index in [1.54, 1.807) is 6.92 Å². The van der Waals surface area contributed by atoms with E-state index in [9.17, 15) is 24.5 Å². The number of amides is 1. The standard InChI is InChI=1S/C19H24N2O6/c1-12-5-3-4-6-14(12)9-20-18(23)11-27-19(24)8-15-16(10-21(25)26)13(2)7-17(15)22/h3-6,13,15-16H,7-11H2,1-2H3,(H,20,23)/t13-,15+,16+/m1/s1. The molecule has 1 aromatic rings. The minimum Gasteiger partial charge on any atom is -0.456 e. The van der Waals surface area contributed by atoms with E-state index in [0.717, 1.165) is 11.1 Å². The van der Waals surface area contributed by atoms with Crippen LogP contribution in [0, 0.1) is 34.8 Å². The number of carbonyl (C=O) groups is 3. The number of esters is 1. The first-order valence-corrected chi connectivity index (χ1v) is 8.89. The third kappa shape index (κ3) is 5.87. The lowest BCUT2D eigenvalue weighted by Gasteiger charge is -2.17. The molecule has 0 heterocycles. The SMILES string of the molecule is Cc1ccccc1CNC(=O)COC(=O)C[C@@H]1C(=O)C[C@@H](C)[C@@H]1C[N+](=O)[O-]. The van der Waals surface area contributed by atoms with E-state index >= 15 is 0 Å². The summed E-state index contributed by atoms with van der Waals surface area (Å²) in [4.78, 5) is 46.2. The van der Waals surface area contributed by atoms with E-state index in [4.69, 9.17) is 4.74 Å².